The zero-order valence-electron chi connectivity index (χ0n) is 18.2. The van der Waals surface area contributed by atoms with Gasteiger partial charge in [0.15, 0.2) is 0 Å². The van der Waals surface area contributed by atoms with Crippen molar-refractivity contribution in [2.75, 3.05) is 13.7 Å². The first-order valence-electron chi connectivity index (χ1n) is 10.0. The Bertz CT molecular complexity index is 1370. The Morgan fingerprint density at radius 3 is 2.62 bits per heavy atom. The average molecular weight is 495 g/mol. The fourth-order valence-corrected chi connectivity index (χ4v) is 3.61. The third-order valence-electron chi connectivity index (χ3n) is 4.99. The van der Waals surface area contributed by atoms with Crippen LogP contribution < -0.4 is 4.74 Å². The Kier molecular flexibility index (Phi) is 6.17. The first-order valence-corrected chi connectivity index (χ1v) is 10.4. The molecule has 0 radical (unpaired) electrons. The summed E-state index contributed by atoms with van der Waals surface area (Å²) in [6, 6.07) is 2.67. The van der Waals surface area contributed by atoms with Crippen molar-refractivity contribution in [2.45, 2.75) is 26.1 Å². The van der Waals surface area contributed by atoms with E-state index >= 15 is 0 Å². The van der Waals surface area contributed by atoms with Crippen LogP contribution in [-0.2, 0) is 10.9 Å². The molecule has 0 saturated heterocycles. The molecule has 0 aliphatic rings. The molecule has 34 heavy (non-hydrogen) atoms. The van der Waals surface area contributed by atoms with Crippen LogP contribution >= 0.6 is 11.6 Å². The minimum Gasteiger partial charge on any atom is -0.479 e. The summed E-state index contributed by atoms with van der Waals surface area (Å²) >= 11 is 5.95. The number of rotatable bonds is 6. The second kappa shape index (κ2) is 8.93. The van der Waals surface area contributed by atoms with Gasteiger partial charge in [0.1, 0.15) is 11.0 Å². The number of carbonyl (C=O) groups is 1. The van der Waals surface area contributed by atoms with Gasteiger partial charge in [-0.3, -0.25) is 4.68 Å². The number of halogens is 4. The first kappa shape index (κ1) is 23.5. The summed E-state index contributed by atoms with van der Waals surface area (Å²) in [6.45, 7) is 3.58. The van der Waals surface area contributed by atoms with Crippen molar-refractivity contribution in [1.82, 2.24) is 29.5 Å². The number of hydrogen-bond acceptors (Lipinski definition) is 7. The Hall–Kier alpha value is -3.67. The topological polar surface area (TPSA) is 97.0 Å². The van der Waals surface area contributed by atoms with E-state index in [9.17, 15) is 18.0 Å². The second-order valence-electron chi connectivity index (χ2n) is 7.20. The minimum atomic E-state index is -4.55. The van der Waals surface area contributed by atoms with Crippen LogP contribution in [0.4, 0.5) is 13.2 Å². The number of aromatic nitrogens is 6. The van der Waals surface area contributed by atoms with Gasteiger partial charge in [0.05, 0.1) is 43.3 Å². The fourth-order valence-electron chi connectivity index (χ4n) is 3.37. The molecule has 13 heteroatoms. The third kappa shape index (κ3) is 4.40. The molecule has 0 N–H and O–H groups in total. The number of fused-ring (bicyclic) bond motifs is 1. The highest BCUT2D eigenvalue weighted by Crippen LogP contribution is 2.35. The lowest BCUT2D eigenvalue weighted by molar-refractivity contribution is -0.137. The Morgan fingerprint density at radius 2 is 1.94 bits per heavy atom. The minimum absolute atomic E-state index is 0.0466. The molecule has 0 fully saturated rings. The van der Waals surface area contributed by atoms with Crippen LogP contribution in [0.1, 0.15) is 41.4 Å². The van der Waals surface area contributed by atoms with Crippen molar-refractivity contribution in [3.05, 3.63) is 58.5 Å². The number of nitrogens with zero attached hydrogens (tertiary/aromatic N) is 6. The third-order valence-corrected chi connectivity index (χ3v) is 5.21. The quantitative estimate of drug-likeness (QED) is 0.364. The van der Waals surface area contributed by atoms with Gasteiger partial charge in [0, 0.05) is 11.2 Å². The van der Waals surface area contributed by atoms with E-state index in [-0.39, 0.29) is 29.0 Å². The first-order chi connectivity index (χ1) is 16.1. The van der Waals surface area contributed by atoms with Gasteiger partial charge < -0.3 is 9.47 Å². The lowest BCUT2D eigenvalue weighted by Gasteiger charge is -2.17. The molecular formula is C21H18ClF3N6O3. The van der Waals surface area contributed by atoms with E-state index < -0.39 is 23.8 Å². The van der Waals surface area contributed by atoms with Crippen LogP contribution in [0.15, 0.2) is 36.8 Å². The summed E-state index contributed by atoms with van der Waals surface area (Å²) in [7, 11) is 1.39. The van der Waals surface area contributed by atoms with E-state index in [0.29, 0.717) is 16.6 Å². The van der Waals surface area contributed by atoms with Gasteiger partial charge in [-0.05, 0) is 37.6 Å². The van der Waals surface area contributed by atoms with Gasteiger partial charge in [-0.1, -0.05) is 11.6 Å². The molecule has 3 heterocycles. The van der Waals surface area contributed by atoms with Gasteiger partial charge in [-0.25, -0.2) is 14.5 Å². The van der Waals surface area contributed by atoms with Crippen molar-refractivity contribution in [3.8, 4) is 11.8 Å². The van der Waals surface area contributed by atoms with E-state index in [1.165, 1.54) is 41.1 Å². The average Bonchev–Trinajstić information content (AvgIpc) is 3.45. The molecule has 1 aromatic carbocycles. The van der Waals surface area contributed by atoms with Crippen LogP contribution in [0.5, 0.6) is 5.88 Å². The maximum atomic E-state index is 13.3. The van der Waals surface area contributed by atoms with E-state index in [2.05, 4.69) is 20.2 Å². The van der Waals surface area contributed by atoms with Crippen molar-refractivity contribution >= 4 is 28.6 Å². The van der Waals surface area contributed by atoms with Crippen LogP contribution in [0.3, 0.4) is 0 Å². The van der Waals surface area contributed by atoms with E-state index in [4.69, 9.17) is 21.1 Å². The monoisotopic (exact) mass is 494 g/mol. The summed E-state index contributed by atoms with van der Waals surface area (Å²) in [5, 5.41) is 8.34. The summed E-state index contributed by atoms with van der Waals surface area (Å²) in [5.74, 6) is -0.312. The van der Waals surface area contributed by atoms with E-state index in [0.717, 1.165) is 12.1 Å². The highest BCUT2D eigenvalue weighted by molar-refractivity contribution is 6.30. The fraction of sp³-hybridized carbons (Fsp3) is 0.286. The number of alkyl halides is 3. The molecule has 3 aromatic heterocycles. The maximum absolute atomic E-state index is 13.3. The largest absolute Gasteiger partial charge is 0.479 e. The van der Waals surface area contributed by atoms with Gasteiger partial charge in [0.2, 0.25) is 5.88 Å². The van der Waals surface area contributed by atoms with E-state index in [1.54, 1.807) is 13.8 Å². The normalized spacial score (nSPS) is 12.7. The number of methoxy groups -OCH3 is 1. The Morgan fingerprint density at radius 1 is 1.18 bits per heavy atom. The molecular weight excluding hydrogens is 477 g/mol. The number of benzene rings is 1. The predicted molar refractivity (Wildman–Crippen MR) is 115 cm³/mol. The molecule has 0 bridgehead atoms. The molecule has 0 spiro atoms. The molecule has 9 nitrogen and oxygen atoms in total. The molecule has 4 aromatic rings. The van der Waals surface area contributed by atoms with Crippen LogP contribution in [0.2, 0.25) is 5.02 Å². The molecule has 0 amide bonds. The second-order valence-corrected chi connectivity index (χ2v) is 7.63. The zero-order valence-corrected chi connectivity index (χ0v) is 18.9. The molecule has 178 valence electrons. The lowest BCUT2D eigenvalue weighted by Crippen LogP contribution is -2.12. The lowest BCUT2D eigenvalue weighted by atomic mass is 10.0. The molecule has 0 aliphatic heterocycles. The smallest absolute Gasteiger partial charge is 0.416 e. The Balaban J connectivity index is 1.76. The van der Waals surface area contributed by atoms with Gasteiger partial charge in [-0.15, -0.1) is 0 Å². The molecule has 1 atom stereocenters. The summed E-state index contributed by atoms with van der Waals surface area (Å²) < 4.78 is 52.9. The van der Waals surface area contributed by atoms with Gasteiger partial charge in [-0.2, -0.15) is 28.4 Å². The zero-order chi connectivity index (χ0) is 24.6. The summed E-state index contributed by atoms with van der Waals surface area (Å²) in [4.78, 5) is 20.7. The SMILES string of the molecule is CCOC(=O)c1cnn(-c2nc(OC)c3c(cnn3[C@@H](C)c3cc(Cl)cc(C(F)(F)F)c3)n2)c1. The predicted octanol–water partition coefficient (Wildman–Crippen LogP) is 4.48. The number of hydrogen-bond donors (Lipinski definition) is 0. The molecule has 4 rings (SSSR count). The van der Waals surface area contributed by atoms with Gasteiger partial charge in [0.25, 0.3) is 5.95 Å². The van der Waals surface area contributed by atoms with Crippen molar-refractivity contribution in [2.24, 2.45) is 0 Å². The highest BCUT2D eigenvalue weighted by Gasteiger charge is 2.32. The van der Waals surface area contributed by atoms with Gasteiger partial charge >= 0.3 is 12.1 Å². The van der Waals surface area contributed by atoms with Crippen LogP contribution in [-0.4, -0.2) is 49.2 Å². The number of carbonyl (C=O) groups excluding carboxylic acids is 1. The van der Waals surface area contributed by atoms with Crippen molar-refractivity contribution in [1.29, 1.82) is 0 Å². The summed E-state index contributed by atoms with van der Waals surface area (Å²) in [5.41, 5.74) is 0.377. The number of esters is 1. The Labute approximate surface area is 196 Å². The maximum Gasteiger partial charge on any atom is 0.416 e. The van der Waals surface area contributed by atoms with Crippen LogP contribution in [0.25, 0.3) is 17.0 Å². The van der Waals surface area contributed by atoms with Crippen LogP contribution in [0, 0.1) is 0 Å². The molecule has 0 saturated carbocycles. The standard InChI is InChI=1S/C21H18ClF3N6O3/c1-4-34-19(32)13-8-26-30(10-13)20-28-16-9-27-31(17(16)18(29-20)33-3)11(2)12-5-14(21(23,24)25)7-15(22)6-12/h5-11H,4H2,1-3H3/t11-/m0/s1. The van der Waals surface area contributed by atoms with E-state index in [1.807, 2.05) is 0 Å². The van der Waals surface area contributed by atoms with Crippen molar-refractivity contribution < 1.29 is 27.4 Å². The number of ether oxygens (including phenoxy) is 2. The highest BCUT2D eigenvalue weighted by atomic mass is 35.5. The molecule has 0 unspecified atom stereocenters. The molecule has 0 aliphatic carbocycles. The summed E-state index contributed by atoms with van der Waals surface area (Å²) in [6.07, 6.45) is -0.380. The van der Waals surface area contributed by atoms with Crippen molar-refractivity contribution in [3.63, 3.8) is 0 Å².